The molecule has 0 atom stereocenters. The summed E-state index contributed by atoms with van der Waals surface area (Å²) in [6, 6.07) is 27.7. The van der Waals surface area contributed by atoms with E-state index in [4.69, 9.17) is 16.6 Å². The molecule has 0 saturated carbocycles. The van der Waals surface area contributed by atoms with Crippen molar-refractivity contribution in [3.8, 4) is 45.8 Å². The van der Waals surface area contributed by atoms with E-state index in [2.05, 4.69) is 22.1 Å². The van der Waals surface area contributed by atoms with Crippen molar-refractivity contribution < 1.29 is 0 Å². The molecule has 6 heteroatoms. The summed E-state index contributed by atoms with van der Waals surface area (Å²) < 4.78 is 0. The molecule has 3 aromatic carbocycles. The van der Waals surface area contributed by atoms with E-state index < -0.39 is 0 Å². The van der Waals surface area contributed by atoms with Crippen molar-refractivity contribution in [3.05, 3.63) is 101 Å². The number of hydrogen-bond donors (Lipinski definition) is 2. The van der Waals surface area contributed by atoms with Crippen molar-refractivity contribution in [2.75, 3.05) is 0 Å². The van der Waals surface area contributed by atoms with Crippen molar-refractivity contribution in [3.63, 3.8) is 0 Å². The van der Waals surface area contributed by atoms with Gasteiger partial charge in [-0.15, -0.1) is 0 Å². The van der Waals surface area contributed by atoms with E-state index in [0.717, 1.165) is 32.9 Å². The molecule has 164 valence electrons. The second kappa shape index (κ2) is 8.18. The largest absolute Gasteiger partial charge is 0.360 e. The summed E-state index contributed by atoms with van der Waals surface area (Å²) in [6.45, 7) is 0. The molecule has 6 aromatic rings. The SMILES string of the molecule is N#Cc1c(-c2c[nH]c3ccccc23)nc(-c2c[nH]c3ccccc23)c(C#N)c1-c1ccccc1Cl. The maximum absolute atomic E-state index is 10.4. The standard InChI is InChI=1S/C29H16ClN5/c30-24-10-4-1-9-19(24)27-20(13-31)28(22-15-33-25-11-5-2-7-17(22)25)35-29(21(27)14-32)23-16-34-26-12-6-3-8-18(23)26/h1-12,15-16,33-34H. The number of nitrogens with one attached hydrogen (secondary N) is 2. The molecule has 0 aliphatic rings. The molecule has 0 unspecified atom stereocenters. The van der Waals surface area contributed by atoms with Crippen LogP contribution < -0.4 is 0 Å². The summed E-state index contributed by atoms with van der Waals surface area (Å²) in [5.41, 5.74) is 6.16. The van der Waals surface area contributed by atoms with Crippen LogP contribution >= 0.6 is 11.6 Å². The van der Waals surface area contributed by atoms with Gasteiger partial charge < -0.3 is 9.97 Å². The van der Waals surface area contributed by atoms with E-state index in [0.29, 0.717) is 38.7 Å². The van der Waals surface area contributed by atoms with Crippen LogP contribution in [0.4, 0.5) is 0 Å². The highest BCUT2D eigenvalue weighted by molar-refractivity contribution is 6.33. The monoisotopic (exact) mass is 469 g/mol. The van der Waals surface area contributed by atoms with Crippen LogP contribution in [0.15, 0.2) is 85.2 Å². The Morgan fingerprint density at radius 1 is 0.629 bits per heavy atom. The zero-order valence-corrected chi connectivity index (χ0v) is 19.1. The number of fused-ring (bicyclic) bond motifs is 2. The lowest BCUT2D eigenvalue weighted by Gasteiger charge is -2.16. The highest BCUT2D eigenvalue weighted by Gasteiger charge is 2.26. The van der Waals surface area contributed by atoms with Gasteiger partial charge in [-0.05, 0) is 18.2 Å². The lowest BCUT2D eigenvalue weighted by Crippen LogP contribution is -2.02. The second-order valence-corrected chi connectivity index (χ2v) is 8.54. The summed E-state index contributed by atoms with van der Waals surface area (Å²) in [7, 11) is 0. The summed E-state index contributed by atoms with van der Waals surface area (Å²) in [6.07, 6.45) is 3.71. The van der Waals surface area contributed by atoms with Gasteiger partial charge in [0.05, 0.1) is 22.5 Å². The van der Waals surface area contributed by atoms with Crippen molar-refractivity contribution in [1.29, 1.82) is 10.5 Å². The number of aromatic nitrogens is 3. The molecular formula is C29H16ClN5. The van der Waals surface area contributed by atoms with Gasteiger partial charge in [-0.3, -0.25) is 0 Å². The van der Waals surface area contributed by atoms with Crippen LogP contribution in [0, 0.1) is 22.7 Å². The minimum Gasteiger partial charge on any atom is -0.360 e. The minimum atomic E-state index is 0.308. The molecule has 0 amide bonds. The Kier molecular flexibility index (Phi) is 4.85. The van der Waals surface area contributed by atoms with E-state index in [1.165, 1.54) is 0 Å². The van der Waals surface area contributed by atoms with Crippen molar-refractivity contribution in [1.82, 2.24) is 15.0 Å². The predicted molar refractivity (Wildman–Crippen MR) is 139 cm³/mol. The quantitative estimate of drug-likeness (QED) is 0.282. The summed E-state index contributed by atoms with van der Waals surface area (Å²) in [5.74, 6) is 0. The number of nitrogens with zero attached hydrogens (tertiary/aromatic N) is 3. The molecule has 5 nitrogen and oxygen atoms in total. The first kappa shape index (κ1) is 20.7. The first-order valence-corrected chi connectivity index (χ1v) is 11.3. The smallest absolute Gasteiger partial charge is 0.102 e. The van der Waals surface area contributed by atoms with E-state index in [-0.39, 0.29) is 0 Å². The van der Waals surface area contributed by atoms with Gasteiger partial charge in [0.15, 0.2) is 0 Å². The third kappa shape index (κ3) is 3.19. The first-order chi connectivity index (χ1) is 17.2. The molecule has 0 aliphatic heterocycles. The average molecular weight is 470 g/mol. The normalized spacial score (nSPS) is 10.9. The fourth-order valence-corrected chi connectivity index (χ4v) is 4.89. The topological polar surface area (TPSA) is 92.0 Å². The third-order valence-corrected chi connectivity index (χ3v) is 6.58. The lowest BCUT2D eigenvalue weighted by atomic mass is 9.89. The van der Waals surface area contributed by atoms with Crippen molar-refractivity contribution in [2.45, 2.75) is 0 Å². The van der Waals surface area contributed by atoms with Crippen LogP contribution in [0.25, 0.3) is 55.4 Å². The van der Waals surface area contributed by atoms with Gasteiger partial charge in [-0.25, -0.2) is 4.98 Å². The summed E-state index contributed by atoms with van der Waals surface area (Å²) in [5, 5.41) is 23.1. The van der Waals surface area contributed by atoms with Crippen LogP contribution in [-0.2, 0) is 0 Å². The maximum atomic E-state index is 10.4. The molecule has 3 aromatic heterocycles. The zero-order valence-electron chi connectivity index (χ0n) is 18.3. The Labute approximate surface area is 205 Å². The van der Waals surface area contributed by atoms with Gasteiger partial charge in [0, 0.05) is 61.5 Å². The molecule has 2 N–H and O–H groups in total. The third-order valence-electron chi connectivity index (χ3n) is 6.25. The highest BCUT2D eigenvalue weighted by atomic mass is 35.5. The van der Waals surface area contributed by atoms with Crippen LogP contribution in [0.2, 0.25) is 5.02 Å². The second-order valence-electron chi connectivity index (χ2n) is 8.13. The molecule has 6 rings (SSSR count). The van der Waals surface area contributed by atoms with Crippen LogP contribution in [0.3, 0.4) is 0 Å². The number of benzene rings is 3. The van der Waals surface area contributed by atoms with Gasteiger partial charge in [0.2, 0.25) is 0 Å². The minimum absolute atomic E-state index is 0.308. The van der Waals surface area contributed by atoms with Gasteiger partial charge in [-0.2, -0.15) is 10.5 Å². The van der Waals surface area contributed by atoms with E-state index in [9.17, 15) is 10.5 Å². The van der Waals surface area contributed by atoms with Gasteiger partial charge in [0.1, 0.15) is 12.1 Å². The number of rotatable bonds is 3. The maximum Gasteiger partial charge on any atom is 0.102 e. The fraction of sp³-hybridized carbons (Fsp3) is 0. The van der Waals surface area contributed by atoms with Crippen LogP contribution in [0.1, 0.15) is 11.1 Å². The number of para-hydroxylation sites is 2. The molecule has 0 aliphatic carbocycles. The number of aromatic amines is 2. The molecule has 0 radical (unpaired) electrons. The summed E-state index contributed by atoms with van der Waals surface area (Å²) in [4.78, 5) is 11.5. The molecule has 0 spiro atoms. The Hall–Kier alpha value is -4.84. The lowest BCUT2D eigenvalue weighted by molar-refractivity contribution is 1.28. The number of nitriles is 2. The van der Waals surface area contributed by atoms with Crippen molar-refractivity contribution in [2.24, 2.45) is 0 Å². The number of H-pyrrole nitrogens is 2. The highest BCUT2D eigenvalue weighted by Crippen LogP contribution is 2.43. The van der Waals surface area contributed by atoms with Crippen LogP contribution in [0.5, 0.6) is 0 Å². The van der Waals surface area contributed by atoms with Gasteiger partial charge in [-0.1, -0.05) is 66.2 Å². The molecular weight excluding hydrogens is 454 g/mol. The zero-order chi connectivity index (χ0) is 23.9. The summed E-state index contributed by atoms with van der Waals surface area (Å²) >= 11 is 6.61. The van der Waals surface area contributed by atoms with E-state index >= 15 is 0 Å². The van der Waals surface area contributed by atoms with Crippen molar-refractivity contribution >= 4 is 33.4 Å². The van der Waals surface area contributed by atoms with E-state index in [1.54, 1.807) is 6.07 Å². The molecule has 0 bridgehead atoms. The van der Waals surface area contributed by atoms with Gasteiger partial charge >= 0.3 is 0 Å². The molecule has 3 heterocycles. The van der Waals surface area contributed by atoms with E-state index in [1.807, 2.05) is 79.1 Å². The Bertz CT molecular complexity index is 1740. The number of halogens is 1. The molecule has 0 saturated heterocycles. The Balaban J connectivity index is 1.80. The molecule has 0 fully saturated rings. The van der Waals surface area contributed by atoms with Crippen LogP contribution in [-0.4, -0.2) is 15.0 Å². The Morgan fingerprint density at radius 2 is 1.11 bits per heavy atom. The van der Waals surface area contributed by atoms with Gasteiger partial charge in [0.25, 0.3) is 0 Å². The first-order valence-electron chi connectivity index (χ1n) is 11.0. The molecule has 35 heavy (non-hydrogen) atoms. The predicted octanol–water partition coefficient (Wildman–Crippen LogP) is 7.44. The number of pyridine rings is 1. The average Bonchev–Trinajstić information content (AvgIpc) is 3.52. The number of hydrogen-bond acceptors (Lipinski definition) is 3. The Morgan fingerprint density at radius 3 is 1.63 bits per heavy atom. The fourth-order valence-electron chi connectivity index (χ4n) is 4.66.